The van der Waals surface area contributed by atoms with Gasteiger partial charge in [0.05, 0.1) is 73.5 Å². The van der Waals surface area contributed by atoms with E-state index in [1.165, 1.54) is 32.6 Å². The van der Waals surface area contributed by atoms with Gasteiger partial charge in [-0.25, -0.2) is 4.85 Å². The Morgan fingerprint density at radius 2 is 0.465 bits per heavy atom. The number of benzene rings is 17. The Hall–Kier alpha value is -16.1. The van der Waals surface area contributed by atoms with Crippen LogP contribution in [0.4, 0.5) is 5.69 Å². The second-order valence-electron chi connectivity index (χ2n) is 29.2. The van der Waals surface area contributed by atoms with Crippen LogP contribution in [0.2, 0.25) is 0 Å². The summed E-state index contributed by atoms with van der Waals surface area (Å²) < 4.78 is 9.51. The number of para-hydroxylation sites is 6. The van der Waals surface area contributed by atoms with Crippen LogP contribution in [0.3, 0.4) is 0 Å². The predicted molar refractivity (Wildman–Crippen MR) is 468 cm³/mol. The van der Waals surface area contributed by atoms with Gasteiger partial charge in [-0.05, 0) is 253 Å². The first-order valence-electron chi connectivity index (χ1n) is 38.1. The van der Waals surface area contributed by atoms with E-state index in [0.29, 0.717) is 22.4 Å². The smallest absolute Gasteiger partial charge is 0.204 e. The standard InChI is InChI=1S/C106H62N8/c1-110-98-47-42-70(55-81(98)66-109)68-21-17-23-76(53-68)91-63-92(77-24-18-30-84(56-77)113-101-38-14-10-34-88(101)96-60-73(45-50-105(96)113)71-43-48-103-94(58-71)86-32-8-12-36-99(86)111(103)82-26-4-2-5-27-82)90(75-22-16-20-67(52-75)69-40-41-79(64-107)80(54-69)65-108)62-93(91)78-25-19-31-85(57-78)114-102-39-15-11-35-89(102)97-61-74(46-51-106(97)114)72-44-49-104-95(59-72)87-33-9-13-37-100(87)112(104)83-28-6-3-7-29-83/h2-63H. The summed E-state index contributed by atoms with van der Waals surface area (Å²) in [5.41, 5.74) is 30.2. The fourth-order valence-electron chi connectivity index (χ4n) is 17.6. The van der Waals surface area contributed by atoms with Crippen molar-refractivity contribution < 1.29 is 0 Å². The minimum atomic E-state index is 0.310. The SMILES string of the molecule is [C-]#[N+]c1ccc(-c2cccc(-c3cc(-c4cccc(-n5c6ccccc6c6cc(-c7ccc8c(c7)c7ccccc7n8-c7ccccc7)ccc65)c4)c(-c4cccc(-c5ccc(C#N)c(C#N)c5)c4)cc3-c3cccc(-n4c5ccccc5c5cc(-c6ccc7c(c6)c6ccccc6n7-c6ccccc6)ccc54)c3)c2)cc1C#N. The molecule has 17 aromatic carbocycles. The molecule has 8 heteroatoms. The second kappa shape index (κ2) is 26.9. The molecular weight excluding hydrogens is 1390 g/mol. The molecule has 0 aliphatic carbocycles. The number of fused-ring (bicyclic) bond motifs is 12. The Morgan fingerprint density at radius 1 is 0.193 bits per heavy atom. The highest BCUT2D eigenvalue weighted by Crippen LogP contribution is 2.48. The fourth-order valence-corrected chi connectivity index (χ4v) is 17.6. The highest BCUT2D eigenvalue weighted by atomic mass is 15.0. The van der Waals surface area contributed by atoms with Gasteiger partial charge in [-0.3, -0.25) is 0 Å². The molecule has 8 nitrogen and oxygen atoms in total. The zero-order valence-electron chi connectivity index (χ0n) is 61.4. The lowest BCUT2D eigenvalue weighted by atomic mass is 9.84. The number of nitrogens with zero attached hydrogens (tertiary/aromatic N) is 8. The Morgan fingerprint density at radius 3 is 0.833 bits per heavy atom. The van der Waals surface area contributed by atoms with Gasteiger partial charge in [0.1, 0.15) is 12.1 Å². The number of aromatic nitrogens is 4. The van der Waals surface area contributed by atoms with Crippen LogP contribution in [0.5, 0.6) is 0 Å². The predicted octanol–water partition coefficient (Wildman–Crippen LogP) is 27.6. The molecule has 21 rings (SSSR count). The molecule has 21 aromatic rings. The summed E-state index contributed by atoms with van der Waals surface area (Å²) >= 11 is 0. The van der Waals surface area contributed by atoms with Gasteiger partial charge in [0, 0.05) is 65.8 Å². The van der Waals surface area contributed by atoms with Crippen LogP contribution < -0.4 is 0 Å². The van der Waals surface area contributed by atoms with E-state index in [1.54, 1.807) is 12.1 Å². The Balaban J connectivity index is 0.748. The summed E-state index contributed by atoms with van der Waals surface area (Å²) in [6.07, 6.45) is 0. The zero-order chi connectivity index (χ0) is 76.1. The third kappa shape index (κ3) is 10.9. The van der Waals surface area contributed by atoms with E-state index in [1.807, 2.05) is 24.3 Å². The molecule has 526 valence electrons. The van der Waals surface area contributed by atoms with Crippen molar-refractivity contribution in [2.45, 2.75) is 0 Å². The molecule has 0 N–H and O–H groups in total. The lowest BCUT2D eigenvalue weighted by molar-refractivity contribution is 1.18. The van der Waals surface area contributed by atoms with Gasteiger partial charge in [-0.15, -0.1) is 0 Å². The molecule has 4 heterocycles. The van der Waals surface area contributed by atoms with Crippen molar-refractivity contribution >= 4 is 92.9 Å². The number of hydrogen-bond acceptors (Lipinski definition) is 3. The molecule has 0 aliphatic heterocycles. The minimum Gasteiger partial charge on any atom is -0.309 e. The molecule has 0 aliphatic rings. The van der Waals surface area contributed by atoms with Crippen LogP contribution in [0, 0.1) is 40.6 Å². The van der Waals surface area contributed by atoms with Crippen LogP contribution >= 0.6 is 0 Å². The largest absolute Gasteiger partial charge is 0.309 e. The van der Waals surface area contributed by atoms with Crippen molar-refractivity contribution in [3.8, 4) is 130 Å². The van der Waals surface area contributed by atoms with Crippen molar-refractivity contribution in [3.63, 3.8) is 0 Å². The number of rotatable bonds is 12. The van der Waals surface area contributed by atoms with Gasteiger partial charge < -0.3 is 18.3 Å². The van der Waals surface area contributed by atoms with Crippen molar-refractivity contribution in [2.24, 2.45) is 0 Å². The summed E-state index contributed by atoms with van der Waals surface area (Å²) in [5.74, 6) is 0. The first-order chi connectivity index (χ1) is 56.3. The van der Waals surface area contributed by atoms with Crippen molar-refractivity contribution in [3.05, 3.63) is 404 Å². The zero-order valence-corrected chi connectivity index (χ0v) is 61.4. The molecule has 0 unspecified atom stereocenters. The van der Waals surface area contributed by atoms with Crippen LogP contribution in [0.1, 0.15) is 16.7 Å². The molecule has 114 heavy (non-hydrogen) atoms. The summed E-state index contributed by atoms with van der Waals surface area (Å²) in [5, 5.41) is 40.2. The maximum atomic E-state index is 10.4. The first-order valence-corrected chi connectivity index (χ1v) is 38.1. The molecule has 0 atom stereocenters. The topological polar surface area (TPSA) is 95.4 Å². The molecular formula is C106H62N8. The summed E-state index contributed by atoms with van der Waals surface area (Å²) in [7, 11) is 0. The van der Waals surface area contributed by atoms with Crippen LogP contribution in [0.25, 0.3) is 204 Å². The average molecular weight is 1450 g/mol. The summed E-state index contributed by atoms with van der Waals surface area (Å²) in [4.78, 5) is 3.69. The van der Waals surface area contributed by atoms with Crippen LogP contribution in [-0.4, -0.2) is 18.3 Å². The third-order valence-electron chi connectivity index (χ3n) is 22.9. The number of nitriles is 3. The Labute approximate surface area is 656 Å². The first kappa shape index (κ1) is 66.1. The highest BCUT2D eigenvalue weighted by Gasteiger charge is 2.24. The Bertz CT molecular complexity index is 7330. The third-order valence-corrected chi connectivity index (χ3v) is 22.9. The van der Waals surface area contributed by atoms with Gasteiger partial charge in [0.2, 0.25) is 5.69 Å². The van der Waals surface area contributed by atoms with E-state index in [2.05, 4.69) is 381 Å². The van der Waals surface area contributed by atoms with E-state index < -0.39 is 0 Å². The van der Waals surface area contributed by atoms with E-state index >= 15 is 0 Å². The lowest BCUT2D eigenvalue weighted by Crippen LogP contribution is -1.97. The van der Waals surface area contributed by atoms with Crippen molar-refractivity contribution in [1.29, 1.82) is 15.8 Å². The maximum Gasteiger partial charge on any atom is 0.204 e. The van der Waals surface area contributed by atoms with Gasteiger partial charge in [-0.1, -0.05) is 212 Å². The van der Waals surface area contributed by atoms with Crippen LogP contribution in [0.15, 0.2) is 376 Å². The maximum absolute atomic E-state index is 10.4. The molecule has 0 spiro atoms. The van der Waals surface area contributed by atoms with Crippen LogP contribution in [-0.2, 0) is 0 Å². The normalized spacial score (nSPS) is 11.5. The average Bonchev–Trinajstić information content (AvgIpc) is 1.60. The molecule has 0 saturated carbocycles. The molecule has 0 bridgehead atoms. The quantitative estimate of drug-likeness (QED) is 0.114. The van der Waals surface area contributed by atoms with Gasteiger partial charge in [0.15, 0.2) is 0 Å². The molecule has 0 radical (unpaired) electrons. The summed E-state index contributed by atoms with van der Waals surface area (Å²) in [6.45, 7) is 7.89. The molecule has 4 aromatic heterocycles. The number of hydrogen-bond donors (Lipinski definition) is 0. The molecule has 0 saturated heterocycles. The lowest BCUT2D eigenvalue weighted by Gasteiger charge is -2.20. The highest BCUT2D eigenvalue weighted by molar-refractivity contribution is 6.15. The van der Waals surface area contributed by atoms with E-state index in [4.69, 9.17) is 6.57 Å². The van der Waals surface area contributed by atoms with E-state index in [9.17, 15) is 15.8 Å². The van der Waals surface area contributed by atoms with Gasteiger partial charge in [-0.2, -0.15) is 15.8 Å². The van der Waals surface area contributed by atoms with Crippen molar-refractivity contribution in [1.82, 2.24) is 18.3 Å². The van der Waals surface area contributed by atoms with E-state index in [-0.39, 0.29) is 0 Å². The van der Waals surface area contributed by atoms with Crippen molar-refractivity contribution in [2.75, 3.05) is 0 Å². The van der Waals surface area contributed by atoms with Gasteiger partial charge >= 0.3 is 0 Å². The monoisotopic (exact) mass is 1450 g/mol. The summed E-state index contributed by atoms with van der Waals surface area (Å²) in [6, 6.07) is 141. The Kier molecular flexibility index (Phi) is 15.6. The minimum absolute atomic E-state index is 0.310. The van der Waals surface area contributed by atoms with E-state index in [0.717, 1.165) is 166 Å². The molecule has 0 amide bonds. The molecule has 0 fully saturated rings. The van der Waals surface area contributed by atoms with Gasteiger partial charge in [0.25, 0.3) is 0 Å². The fraction of sp³-hybridized carbons (Fsp3) is 0. The second-order valence-corrected chi connectivity index (χ2v) is 29.2.